The summed E-state index contributed by atoms with van der Waals surface area (Å²) in [6, 6.07) is 0. The molecule has 1 rings (SSSR count). The van der Waals surface area contributed by atoms with E-state index in [9.17, 15) is 10.2 Å². The fraction of sp³-hybridized carbons (Fsp3) is 1.00. The third-order valence-electron chi connectivity index (χ3n) is 2.70. The molecule has 1 aliphatic rings. The van der Waals surface area contributed by atoms with Gasteiger partial charge < -0.3 is 19.7 Å². The second-order valence-electron chi connectivity index (χ2n) is 5.13. The Bertz CT molecular complexity index is 182. The smallest absolute Gasteiger partial charge is 0.157 e. The largest absolute Gasteiger partial charge is 0.391 e. The SMILES string of the molecule is CC(C)(O)CC[C@@H](O)COC1CCCCO1. The molecule has 4 nitrogen and oxygen atoms in total. The third kappa shape index (κ3) is 6.43. The summed E-state index contributed by atoms with van der Waals surface area (Å²) in [4.78, 5) is 0. The van der Waals surface area contributed by atoms with Gasteiger partial charge in [-0.25, -0.2) is 0 Å². The summed E-state index contributed by atoms with van der Waals surface area (Å²) in [7, 11) is 0. The molecule has 0 aromatic carbocycles. The van der Waals surface area contributed by atoms with Crippen LogP contribution >= 0.6 is 0 Å². The van der Waals surface area contributed by atoms with Gasteiger partial charge in [0.1, 0.15) is 0 Å². The Hall–Kier alpha value is -0.160. The minimum Gasteiger partial charge on any atom is -0.391 e. The zero-order chi connectivity index (χ0) is 12.0. The van der Waals surface area contributed by atoms with Crippen molar-refractivity contribution in [2.24, 2.45) is 0 Å². The monoisotopic (exact) mass is 232 g/mol. The molecule has 2 N–H and O–H groups in total. The minimum atomic E-state index is -0.720. The maximum atomic E-state index is 9.65. The van der Waals surface area contributed by atoms with Crippen molar-refractivity contribution in [3.63, 3.8) is 0 Å². The van der Waals surface area contributed by atoms with E-state index in [4.69, 9.17) is 9.47 Å². The summed E-state index contributed by atoms with van der Waals surface area (Å²) in [5.41, 5.74) is -0.720. The van der Waals surface area contributed by atoms with Crippen molar-refractivity contribution in [1.29, 1.82) is 0 Å². The van der Waals surface area contributed by atoms with Crippen LogP contribution in [0.15, 0.2) is 0 Å². The number of hydrogen-bond donors (Lipinski definition) is 2. The molecule has 1 saturated heterocycles. The Morgan fingerprint density at radius 1 is 1.44 bits per heavy atom. The van der Waals surface area contributed by atoms with Gasteiger partial charge in [-0.3, -0.25) is 0 Å². The Balaban J connectivity index is 2.07. The van der Waals surface area contributed by atoms with Crippen molar-refractivity contribution in [3.8, 4) is 0 Å². The lowest BCUT2D eigenvalue weighted by Crippen LogP contribution is -2.28. The predicted molar refractivity (Wildman–Crippen MR) is 61.1 cm³/mol. The van der Waals surface area contributed by atoms with Crippen molar-refractivity contribution >= 4 is 0 Å². The van der Waals surface area contributed by atoms with Gasteiger partial charge in [0.15, 0.2) is 6.29 Å². The molecule has 1 heterocycles. The molecule has 4 heteroatoms. The van der Waals surface area contributed by atoms with Crippen LogP contribution < -0.4 is 0 Å². The molecule has 2 atom stereocenters. The third-order valence-corrected chi connectivity index (χ3v) is 2.70. The highest BCUT2D eigenvalue weighted by molar-refractivity contribution is 4.68. The van der Waals surface area contributed by atoms with Crippen molar-refractivity contribution in [2.45, 2.75) is 63.9 Å². The van der Waals surface area contributed by atoms with Gasteiger partial charge in [-0.05, 0) is 46.0 Å². The lowest BCUT2D eigenvalue weighted by molar-refractivity contribution is -0.176. The molecule has 1 unspecified atom stereocenters. The highest BCUT2D eigenvalue weighted by Crippen LogP contribution is 2.16. The van der Waals surface area contributed by atoms with Gasteiger partial charge in [-0.2, -0.15) is 0 Å². The highest BCUT2D eigenvalue weighted by Gasteiger charge is 2.18. The summed E-state index contributed by atoms with van der Waals surface area (Å²) in [5.74, 6) is 0. The van der Waals surface area contributed by atoms with Crippen LogP contribution in [-0.2, 0) is 9.47 Å². The first-order chi connectivity index (χ1) is 7.47. The standard InChI is InChI=1S/C12H24O4/c1-12(2,14)7-6-10(13)9-16-11-5-3-4-8-15-11/h10-11,13-14H,3-9H2,1-2H3/t10-,11?/m1/s1. The number of aliphatic hydroxyl groups excluding tert-OH is 1. The van der Waals surface area contributed by atoms with E-state index in [2.05, 4.69) is 0 Å². The fourth-order valence-corrected chi connectivity index (χ4v) is 1.66. The molecule has 0 radical (unpaired) electrons. The second kappa shape index (κ2) is 6.55. The quantitative estimate of drug-likeness (QED) is 0.727. The van der Waals surface area contributed by atoms with E-state index in [1.54, 1.807) is 13.8 Å². The molecule has 0 spiro atoms. The van der Waals surface area contributed by atoms with E-state index >= 15 is 0 Å². The first-order valence-electron chi connectivity index (χ1n) is 6.11. The van der Waals surface area contributed by atoms with Crippen LogP contribution in [0, 0.1) is 0 Å². The van der Waals surface area contributed by atoms with E-state index in [0.29, 0.717) is 19.4 Å². The van der Waals surface area contributed by atoms with Crippen LogP contribution in [0.1, 0.15) is 46.0 Å². The number of aliphatic hydroxyl groups is 2. The molecule has 0 amide bonds. The molecular formula is C12H24O4. The minimum absolute atomic E-state index is 0.148. The fourth-order valence-electron chi connectivity index (χ4n) is 1.66. The van der Waals surface area contributed by atoms with Crippen LogP contribution in [-0.4, -0.2) is 41.4 Å². The summed E-state index contributed by atoms with van der Waals surface area (Å²) in [5, 5.41) is 19.2. The van der Waals surface area contributed by atoms with Crippen molar-refractivity contribution in [3.05, 3.63) is 0 Å². The van der Waals surface area contributed by atoms with Crippen LogP contribution in [0.2, 0.25) is 0 Å². The van der Waals surface area contributed by atoms with E-state index in [0.717, 1.165) is 25.9 Å². The van der Waals surface area contributed by atoms with Gasteiger partial charge in [0.25, 0.3) is 0 Å². The van der Waals surface area contributed by atoms with Gasteiger partial charge >= 0.3 is 0 Å². The maximum Gasteiger partial charge on any atom is 0.157 e. The average Bonchev–Trinajstić information content (AvgIpc) is 2.24. The van der Waals surface area contributed by atoms with Crippen LogP contribution in [0.3, 0.4) is 0 Å². The Morgan fingerprint density at radius 3 is 2.75 bits per heavy atom. The van der Waals surface area contributed by atoms with E-state index in [1.165, 1.54) is 0 Å². The average molecular weight is 232 g/mol. The molecule has 96 valence electrons. The molecule has 0 aromatic heterocycles. The van der Waals surface area contributed by atoms with Crippen LogP contribution in [0.25, 0.3) is 0 Å². The molecule has 16 heavy (non-hydrogen) atoms. The van der Waals surface area contributed by atoms with Crippen molar-refractivity contribution in [2.75, 3.05) is 13.2 Å². The lowest BCUT2D eigenvalue weighted by Gasteiger charge is -2.24. The van der Waals surface area contributed by atoms with Crippen LogP contribution in [0.5, 0.6) is 0 Å². The van der Waals surface area contributed by atoms with Gasteiger partial charge in [0.2, 0.25) is 0 Å². The Labute approximate surface area is 97.6 Å². The summed E-state index contributed by atoms with van der Waals surface area (Å²) in [6.07, 6.45) is 3.60. The first-order valence-corrected chi connectivity index (χ1v) is 6.11. The highest BCUT2D eigenvalue weighted by atomic mass is 16.7. The topological polar surface area (TPSA) is 58.9 Å². The summed E-state index contributed by atoms with van der Waals surface area (Å²) >= 11 is 0. The van der Waals surface area contributed by atoms with Gasteiger partial charge in [-0.1, -0.05) is 0 Å². The summed E-state index contributed by atoms with van der Waals surface area (Å²) in [6.45, 7) is 4.53. The molecule has 0 aromatic rings. The molecule has 1 aliphatic heterocycles. The maximum absolute atomic E-state index is 9.65. The Kier molecular flexibility index (Phi) is 5.69. The van der Waals surface area contributed by atoms with Crippen LogP contribution in [0.4, 0.5) is 0 Å². The van der Waals surface area contributed by atoms with E-state index < -0.39 is 11.7 Å². The number of ether oxygens (including phenoxy) is 2. The molecule has 0 aliphatic carbocycles. The molecule has 1 fully saturated rings. The van der Waals surface area contributed by atoms with E-state index in [1.807, 2.05) is 0 Å². The first kappa shape index (κ1) is 13.9. The zero-order valence-corrected chi connectivity index (χ0v) is 10.3. The van der Waals surface area contributed by atoms with Gasteiger partial charge in [-0.15, -0.1) is 0 Å². The summed E-state index contributed by atoms with van der Waals surface area (Å²) < 4.78 is 10.8. The van der Waals surface area contributed by atoms with Gasteiger partial charge in [0.05, 0.1) is 18.3 Å². The number of rotatable bonds is 6. The molecule has 0 bridgehead atoms. The normalized spacial score (nSPS) is 24.4. The van der Waals surface area contributed by atoms with E-state index in [-0.39, 0.29) is 6.29 Å². The molecular weight excluding hydrogens is 208 g/mol. The Morgan fingerprint density at radius 2 is 2.19 bits per heavy atom. The number of hydrogen-bond acceptors (Lipinski definition) is 4. The van der Waals surface area contributed by atoms with Crippen molar-refractivity contribution in [1.82, 2.24) is 0 Å². The van der Waals surface area contributed by atoms with Crippen molar-refractivity contribution < 1.29 is 19.7 Å². The second-order valence-corrected chi connectivity index (χ2v) is 5.13. The zero-order valence-electron chi connectivity index (χ0n) is 10.3. The lowest BCUT2D eigenvalue weighted by atomic mass is 10.0. The molecule has 0 saturated carbocycles. The predicted octanol–water partition coefficient (Wildman–Crippen LogP) is 1.44. The van der Waals surface area contributed by atoms with Gasteiger partial charge in [0, 0.05) is 6.61 Å².